The molecule has 0 bridgehead atoms. The first-order chi connectivity index (χ1) is 16.5. The van der Waals surface area contributed by atoms with Crippen molar-refractivity contribution in [2.75, 3.05) is 13.7 Å². The van der Waals surface area contributed by atoms with Crippen molar-refractivity contribution in [1.29, 1.82) is 0 Å². The van der Waals surface area contributed by atoms with Crippen molar-refractivity contribution in [3.05, 3.63) is 108 Å². The number of rotatable bonds is 6. The number of carboxylic acids is 1. The summed E-state index contributed by atoms with van der Waals surface area (Å²) in [4.78, 5) is 26.3. The maximum atomic E-state index is 13.0. The molecule has 34 heavy (non-hydrogen) atoms. The van der Waals surface area contributed by atoms with Gasteiger partial charge in [-0.05, 0) is 38.6 Å². The Labute approximate surface area is 198 Å². The van der Waals surface area contributed by atoms with E-state index in [1.165, 1.54) is 11.9 Å². The van der Waals surface area contributed by atoms with Crippen molar-refractivity contribution < 1.29 is 19.4 Å². The fraction of sp³-hybridized carbons (Fsp3) is 0.172. The lowest BCUT2D eigenvalue weighted by Crippen LogP contribution is -2.44. The molecule has 0 aliphatic heterocycles. The van der Waals surface area contributed by atoms with Gasteiger partial charge < -0.3 is 9.84 Å². The second-order valence-electron chi connectivity index (χ2n) is 8.61. The molecule has 0 radical (unpaired) electrons. The molecule has 0 aromatic heterocycles. The van der Waals surface area contributed by atoms with Crippen LogP contribution >= 0.6 is 0 Å². The number of likely N-dealkylation sites (N-methyl/N-ethyl adjacent to an activating group) is 1. The van der Waals surface area contributed by atoms with E-state index < -0.39 is 18.1 Å². The van der Waals surface area contributed by atoms with Gasteiger partial charge in [-0.25, -0.2) is 9.59 Å². The van der Waals surface area contributed by atoms with Crippen molar-refractivity contribution in [3.63, 3.8) is 0 Å². The number of carboxylic acid groups (broad SMARTS) is 1. The molecule has 0 unspecified atom stereocenters. The zero-order valence-electron chi connectivity index (χ0n) is 18.8. The lowest BCUT2D eigenvalue weighted by atomic mass is 9.98. The first-order valence-corrected chi connectivity index (χ1v) is 11.3. The number of nitrogens with zero attached hydrogens (tertiary/aromatic N) is 1. The van der Waals surface area contributed by atoms with Crippen molar-refractivity contribution in [2.45, 2.75) is 18.4 Å². The van der Waals surface area contributed by atoms with Crippen LogP contribution in [0.15, 0.2) is 91.0 Å². The Kier molecular flexibility index (Phi) is 5.76. The number of hydrogen-bond donors (Lipinski definition) is 1. The summed E-state index contributed by atoms with van der Waals surface area (Å²) in [7, 11) is 1.49. The number of carbonyl (C=O) groups is 2. The van der Waals surface area contributed by atoms with Gasteiger partial charge in [-0.15, -0.1) is 0 Å². The second kappa shape index (κ2) is 9.02. The predicted octanol–water partition coefficient (Wildman–Crippen LogP) is 5.72. The first-order valence-electron chi connectivity index (χ1n) is 11.3. The first kappa shape index (κ1) is 21.7. The van der Waals surface area contributed by atoms with Gasteiger partial charge in [0, 0.05) is 19.4 Å². The normalized spacial score (nSPS) is 13.2. The highest BCUT2D eigenvalue weighted by Crippen LogP contribution is 2.44. The zero-order chi connectivity index (χ0) is 23.7. The minimum absolute atomic E-state index is 0.0777. The number of aliphatic carboxylic acids is 1. The molecular formula is C29H25NO4. The molecule has 4 aromatic rings. The van der Waals surface area contributed by atoms with E-state index in [4.69, 9.17) is 4.74 Å². The molecule has 4 aromatic carbocycles. The van der Waals surface area contributed by atoms with Crippen molar-refractivity contribution >= 4 is 22.8 Å². The maximum absolute atomic E-state index is 13.0. The predicted molar refractivity (Wildman–Crippen MR) is 132 cm³/mol. The molecular weight excluding hydrogens is 426 g/mol. The summed E-state index contributed by atoms with van der Waals surface area (Å²) in [5.41, 5.74) is 5.40. The molecule has 0 heterocycles. The molecule has 1 amide bonds. The number of carbonyl (C=O) groups excluding carboxylic acids is 1. The van der Waals surface area contributed by atoms with Gasteiger partial charge in [0.15, 0.2) is 0 Å². The van der Waals surface area contributed by atoms with E-state index in [1.54, 1.807) is 0 Å². The van der Waals surface area contributed by atoms with Crippen LogP contribution in [0.4, 0.5) is 4.79 Å². The van der Waals surface area contributed by atoms with Gasteiger partial charge in [0.25, 0.3) is 0 Å². The summed E-state index contributed by atoms with van der Waals surface area (Å²) in [5.74, 6) is -1.14. The minimum atomic E-state index is -1.07. The minimum Gasteiger partial charge on any atom is -0.480 e. The monoisotopic (exact) mass is 451 g/mol. The summed E-state index contributed by atoms with van der Waals surface area (Å²) in [6.45, 7) is 0.151. The van der Waals surface area contributed by atoms with Gasteiger partial charge in [0.05, 0.1) is 0 Å². The summed E-state index contributed by atoms with van der Waals surface area (Å²) >= 11 is 0. The van der Waals surface area contributed by atoms with Crippen LogP contribution in [0.2, 0.25) is 0 Å². The molecule has 5 heteroatoms. The highest BCUT2D eigenvalue weighted by atomic mass is 16.6. The average molecular weight is 452 g/mol. The van der Waals surface area contributed by atoms with Crippen LogP contribution in [0, 0.1) is 0 Å². The third kappa shape index (κ3) is 3.90. The number of fused-ring (bicyclic) bond motifs is 4. The molecule has 0 saturated heterocycles. The summed E-state index contributed by atoms with van der Waals surface area (Å²) in [6.07, 6.45) is -0.452. The Morgan fingerprint density at radius 3 is 2.12 bits per heavy atom. The van der Waals surface area contributed by atoms with Crippen molar-refractivity contribution in [1.82, 2.24) is 4.90 Å². The third-order valence-electron chi connectivity index (χ3n) is 6.67. The fourth-order valence-corrected chi connectivity index (χ4v) is 4.89. The highest BCUT2D eigenvalue weighted by molar-refractivity contribution is 5.87. The lowest BCUT2D eigenvalue weighted by Gasteiger charge is -2.25. The van der Waals surface area contributed by atoms with Crippen molar-refractivity contribution in [2.24, 2.45) is 0 Å². The molecule has 1 aliphatic carbocycles. The molecule has 5 nitrogen and oxygen atoms in total. The lowest BCUT2D eigenvalue weighted by molar-refractivity contribution is -0.142. The van der Waals surface area contributed by atoms with Crippen LogP contribution in [-0.2, 0) is 16.0 Å². The van der Waals surface area contributed by atoms with E-state index in [2.05, 4.69) is 24.3 Å². The Morgan fingerprint density at radius 2 is 1.44 bits per heavy atom. The number of benzene rings is 4. The Balaban J connectivity index is 1.33. The Hall–Kier alpha value is -4.12. The van der Waals surface area contributed by atoms with Gasteiger partial charge in [-0.1, -0.05) is 91.0 Å². The molecule has 5 rings (SSSR count). The van der Waals surface area contributed by atoms with E-state index >= 15 is 0 Å². The van der Waals surface area contributed by atoms with Gasteiger partial charge >= 0.3 is 12.1 Å². The maximum Gasteiger partial charge on any atom is 0.410 e. The molecule has 1 atom stereocenters. The van der Waals surface area contributed by atoms with Crippen LogP contribution in [0.3, 0.4) is 0 Å². The molecule has 170 valence electrons. The Morgan fingerprint density at radius 1 is 0.853 bits per heavy atom. The molecule has 0 spiro atoms. The molecule has 0 saturated carbocycles. The van der Waals surface area contributed by atoms with Crippen LogP contribution < -0.4 is 0 Å². The number of hydrogen-bond acceptors (Lipinski definition) is 3. The topological polar surface area (TPSA) is 66.8 Å². The van der Waals surface area contributed by atoms with E-state index in [9.17, 15) is 14.7 Å². The quantitative estimate of drug-likeness (QED) is 0.407. The van der Waals surface area contributed by atoms with Crippen LogP contribution in [-0.4, -0.2) is 41.8 Å². The van der Waals surface area contributed by atoms with E-state index in [0.717, 1.165) is 38.6 Å². The third-order valence-corrected chi connectivity index (χ3v) is 6.67. The zero-order valence-corrected chi connectivity index (χ0v) is 18.8. The van der Waals surface area contributed by atoms with Gasteiger partial charge in [-0.3, -0.25) is 4.90 Å². The largest absolute Gasteiger partial charge is 0.480 e. The molecule has 1 N–H and O–H groups in total. The SMILES string of the molecule is CN(C(=O)OCC1c2ccccc2-c2ccccc21)[C@@H](Cc1cccc2ccccc12)C(=O)O. The molecule has 0 fully saturated rings. The van der Waals surface area contributed by atoms with Crippen LogP contribution in [0.5, 0.6) is 0 Å². The average Bonchev–Trinajstić information content (AvgIpc) is 3.19. The van der Waals surface area contributed by atoms with Crippen LogP contribution in [0.25, 0.3) is 21.9 Å². The number of ether oxygens (including phenoxy) is 1. The van der Waals surface area contributed by atoms with Gasteiger partial charge in [0.2, 0.25) is 0 Å². The van der Waals surface area contributed by atoms with E-state index in [1.807, 2.05) is 66.7 Å². The summed E-state index contributed by atoms with van der Waals surface area (Å²) in [6, 6.07) is 28.8. The van der Waals surface area contributed by atoms with Crippen LogP contribution in [0.1, 0.15) is 22.6 Å². The van der Waals surface area contributed by atoms with Gasteiger partial charge in [-0.2, -0.15) is 0 Å². The summed E-state index contributed by atoms with van der Waals surface area (Å²) in [5, 5.41) is 11.9. The second-order valence-corrected chi connectivity index (χ2v) is 8.61. The summed E-state index contributed by atoms with van der Waals surface area (Å²) < 4.78 is 5.68. The van der Waals surface area contributed by atoms with Crippen molar-refractivity contribution in [3.8, 4) is 11.1 Å². The Bertz CT molecular complexity index is 1330. The van der Waals surface area contributed by atoms with Gasteiger partial charge in [0.1, 0.15) is 12.6 Å². The van der Waals surface area contributed by atoms with E-state index in [-0.39, 0.29) is 18.9 Å². The molecule has 1 aliphatic rings. The highest BCUT2D eigenvalue weighted by Gasteiger charge is 2.32. The fourth-order valence-electron chi connectivity index (χ4n) is 4.89. The standard InChI is InChI=1S/C29H25NO4/c1-30(27(28(31)32)17-20-11-8-10-19-9-2-3-12-21(19)20)29(33)34-18-26-24-15-6-4-13-22(24)23-14-5-7-16-25(23)26/h2-16,26-27H,17-18H2,1H3,(H,31,32)/t27-/m0/s1. The van der Waals surface area contributed by atoms with E-state index in [0.29, 0.717) is 0 Å². The smallest absolute Gasteiger partial charge is 0.410 e. The number of amides is 1.